The lowest BCUT2D eigenvalue weighted by molar-refractivity contribution is -0.136. The molecule has 0 spiro atoms. The fourth-order valence-electron chi connectivity index (χ4n) is 3.15. The third kappa shape index (κ3) is 3.03. The van der Waals surface area contributed by atoms with Crippen LogP contribution in [0.3, 0.4) is 0 Å². The van der Waals surface area contributed by atoms with E-state index in [1.807, 2.05) is 0 Å². The second-order valence-electron chi connectivity index (χ2n) is 6.25. The zero-order valence-electron chi connectivity index (χ0n) is 14.9. The van der Waals surface area contributed by atoms with Crippen LogP contribution >= 0.6 is 0 Å². The van der Waals surface area contributed by atoms with Gasteiger partial charge in [-0.3, -0.25) is 4.79 Å². The van der Waals surface area contributed by atoms with Gasteiger partial charge in [0.25, 0.3) is 10.0 Å². The zero-order chi connectivity index (χ0) is 19.9. The first kappa shape index (κ1) is 18.2. The Morgan fingerprint density at radius 1 is 1.18 bits per heavy atom. The second-order valence-corrected chi connectivity index (χ2v) is 8.06. The number of hydrogen-bond donors (Lipinski definition) is 1. The maximum atomic E-state index is 13.2. The Kier molecular flexibility index (Phi) is 4.38. The molecule has 9 heteroatoms. The number of carboxylic acids is 1. The maximum Gasteiger partial charge on any atom is 0.303 e. The van der Waals surface area contributed by atoms with Crippen molar-refractivity contribution in [3.63, 3.8) is 0 Å². The first-order valence-corrected chi connectivity index (χ1v) is 9.89. The molecule has 0 saturated heterocycles. The van der Waals surface area contributed by atoms with Crippen molar-refractivity contribution in [2.24, 2.45) is 0 Å². The lowest BCUT2D eigenvalue weighted by Crippen LogP contribution is -2.11. The Morgan fingerprint density at radius 3 is 2.50 bits per heavy atom. The summed E-state index contributed by atoms with van der Waals surface area (Å²) >= 11 is 0. The molecule has 2 aromatic carbocycles. The molecule has 0 saturated carbocycles. The summed E-state index contributed by atoms with van der Waals surface area (Å²) in [6, 6.07) is 9.35. The average molecular weight is 403 g/mol. The van der Waals surface area contributed by atoms with E-state index in [-0.39, 0.29) is 24.5 Å². The van der Waals surface area contributed by atoms with Gasteiger partial charge in [-0.2, -0.15) is 0 Å². The molecule has 0 atom stereocenters. The van der Waals surface area contributed by atoms with Crippen LogP contribution in [0.15, 0.2) is 47.5 Å². The van der Waals surface area contributed by atoms with Gasteiger partial charge in [-0.25, -0.2) is 12.4 Å². The summed E-state index contributed by atoms with van der Waals surface area (Å²) in [5.74, 6) is 0.534. The molecule has 1 aromatic heterocycles. The maximum absolute atomic E-state index is 13.2. The molecule has 1 N–H and O–H groups in total. The number of carbonyl (C=O) groups is 1. The third-order valence-corrected chi connectivity index (χ3v) is 6.26. The average Bonchev–Trinajstić information content (AvgIpc) is 3.28. The van der Waals surface area contributed by atoms with E-state index in [1.165, 1.54) is 25.4 Å². The zero-order valence-corrected chi connectivity index (χ0v) is 15.7. The predicted octanol–water partition coefficient (Wildman–Crippen LogP) is 2.63. The van der Waals surface area contributed by atoms with Crippen LogP contribution in [0.25, 0.3) is 10.9 Å². The van der Waals surface area contributed by atoms with Crippen molar-refractivity contribution >= 4 is 26.9 Å². The van der Waals surface area contributed by atoms with E-state index in [4.69, 9.17) is 19.3 Å². The minimum Gasteiger partial charge on any atom is -0.497 e. The molecule has 2 heterocycles. The van der Waals surface area contributed by atoms with Crippen LogP contribution in [0.1, 0.15) is 12.0 Å². The number of rotatable bonds is 6. The van der Waals surface area contributed by atoms with Gasteiger partial charge in [0.2, 0.25) is 6.79 Å². The van der Waals surface area contributed by atoms with Crippen LogP contribution in [-0.2, 0) is 21.2 Å². The number of ether oxygens (including phenoxy) is 3. The Morgan fingerprint density at radius 2 is 1.86 bits per heavy atom. The highest BCUT2D eigenvalue weighted by atomic mass is 32.2. The van der Waals surface area contributed by atoms with Gasteiger partial charge in [-0.05, 0) is 42.3 Å². The molecule has 3 aromatic rings. The lowest BCUT2D eigenvalue weighted by atomic mass is 10.1. The molecule has 28 heavy (non-hydrogen) atoms. The van der Waals surface area contributed by atoms with Gasteiger partial charge in [0.05, 0.1) is 17.5 Å². The van der Waals surface area contributed by atoms with E-state index >= 15 is 0 Å². The van der Waals surface area contributed by atoms with Crippen LogP contribution in [-0.4, -0.2) is 37.4 Å². The van der Waals surface area contributed by atoms with Crippen LogP contribution in [0.4, 0.5) is 0 Å². The SMILES string of the molecule is COc1ccc(S(=O)(=O)n2cc(CCC(=O)O)c3cc4c(cc32)OCO4)cc1. The summed E-state index contributed by atoms with van der Waals surface area (Å²) in [6.07, 6.45) is 1.54. The quantitative estimate of drug-likeness (QED) is 0.675. The monoisotopic (exact) mass is 403 g/mol. The van der Waals surface area contributed by atoms with E-state index in [9.17, 15) is 13.2 Å². The fraction of sp³-hybridized carbons (Fsp3) is 0.211. The standard InChI is InChI=1S/C19H17NO7S/c1-25-13-3-5-14(6-4-13)28(23,24)20-10-12(2-7-19(21)22)15-8-17-18(9-16(15)20)27-11-26-17/h3-6,8-10H,2,7,11H2,1H3,(H,21,22). The van der Waals surface area contributed by atoms with Crippen LogP contribution in [0.5, 0.6) is 17.2 Å². The number of aromatic nitrogens is 1. The van der Waals surface area contributed by atoms with Gasteiger partial charge < -0.3 is 19.3 Å². The van der Waals surface area contributed by atoms with Crippen LogP contribution in [0, 0.1) is 0 Å². The van der Waals surface area contributed by atoms with Gasteiger partial charge >= 0.3 is 5.97 Å². The molecule has 146 valence electrons. The highest BCUT2D eigenvalue weighted by molar-refractivity contribution is 7.90. The molecule has 1 aliphatic heterocycles. The molecule has 8 nitrogen and oxygen atoms in total. The number of benzene rings is 2. The number of methoxy groups -OCH3 is 1. The molecule has 1 aliphatic rings. The number of nitrogens with zero attached hydrogens (tertiary/aromatic N) is 1. The normalized spacial score (nSPS) is 13.0. The summed E-state index contributed by atoms with van der Waals surface area (Å²) in [6.45, 7) is 0.0532. The van der Waals surface area contributed by atoms with E-state index in [2.05, 4.69) is 0 Å². The van der Waals surface area contributed by atoms with Crippen molar-refractivity contribution in [3.8, 4) is 17.2 Å². The summed E-state index contributed by atoms with van der Waals surface area (Å²) in [5.41, 5.74) is 1.01. The number of hydrogen-bond acceptors (Lipinski definition) is 6. The van der Waals surface area contributed by atoms with E-state index in [0.29, 0.717) is 33.7 Å². The van der Waals surface area contributed by atoms with E-state index in [1.54, 1.807) is 24.3 Å². The summed E-state index contributed by atoms with van der Waals surface area (Å²) in [4.78, 5) is 11.1. The van der Waals surface area contributed by atoms with Crippen molar-refractivity contribution in [1.82, 2.24) is 3.97 Å². The molecule has 0 unspecified atom stereocenters. The highest BCUT2D eigenvalue weighted by Crippen LogP contribution is 2.39. The van der Waals surface area contributed by atoms with Crippen molar-refractivity contribution in [3.05, 3.63) is 48.2 Å². The lowest BCUT2D eigenvalue weighted by Gasteiger charge is -2.09. The minimum atomic E-state index is -3.91. The minimum absolute atomic E-state index is 0.0532. The molecular weight excluding hydrogens is 386 g/mol. The second kappa shape index (κ2) is 6.75. The largest absolute Gasteiger partial charge is 0.497 e. The van der Waals surface area contributed by atoms with Gasteiger partial charge in [0, 0.05) is 24.1 Å². The summed E-state index contributed by atoms with van der Waals surface area (Å²) in [7, 11) is -2.41. The molecule has 4 rings (SSSR count). The molecule has 0 aliphatic carbocycles. The smallest absolute Gasteiger partial charge is 0.303 e. The van der Waals surface area contributed by atoms with Gasteiger partial charge in [0.1, 0.15) is 5.75 Å². The topological polar surface area (TPSA) is 104 Å². The number of fused-ring (bicyclic) bond motifs is 2. The van der Waals surface area contributed by atoms with Gasteiger partial charge in [-0.15, -0.1) is 0 Å². The van der Waals surface area contributed by atoms with Crippen molar-refractivity contribution in [1.29, 1.82) is 0 Å². The Bertz CT molecular complexity index is 1160. The first-order chi connectivity index (χ1) is 13.4. The Balaban J connectivity index is 1.88. The van der Waals surface area contributed by atoms with Gasteiger partial charge in [-0.1, -0.05) is 0 Å². The van der Waals surface area contributed by atoms with E-state index in [0.717, 1.165) is 3.97 Å². The predicted molar refractivity (Wildman–Crippen MR) is 99.6 cm³/mol. The molecule has 0 bridgehead atoms. The third-order valence-electron chi connectivity index (χ3n) is 4.57. The molecule has 0 radical (unpaired) electrons. The van der Waals surface area contributed by atoms with Crippen molar-refractivity contribution in [2.45, 2.75) is 17.7 Å². The molecular formula is C19H17NO7S. The molecule has 0 amide bonds. The summed E-state index contributed by atoms with van der Waals surface area (Å²) < 4.78 is 43.5. The number of aliphatic carboxylic acids is 1. The fourth-order valence-corrected chi connectivity index (χ4v) is 4.54. The summed E-state index contributed by atoms with van der Waals surface area (Å²) in [5, 5.41) is 9.63. The number of carboxylic acid groups (broad SMARTS) is 1. The van der Waals surface area contributed by atoms with E-state index < -0.39 is 16.0 Å². The molecule has 0 fully saturated rings. The van der Waals surface area contributed by atoms with Crippen LogP contribution in [0.2, 0.25) is 0 Å². The van der Waals surface area contributed by atoms with Gasteiger partial charge in [0.15, 0.2) is 11.5 Å². The van der Waals surface area contributed by atoms with Crippen molar-refractivity contribution < 1.29 is 32.5 Å². The highest BCUT2D eigenvalue weighted by Gasteiger charge is 2.25. The Hall–Kier alpha value is -3.20. The van der Waals surface area contributed by atoms with Crippen LogP contribution < -0.4 is 14.2 Å². The Labute approximate surface area is 160 Å². The van der Waals surface area contributed by atoms with Crippen molar-refractivity contribution in [2.75, 3.05) is 13.9 Å². The number of aryl methyl sites for hydroxylation is 1. The first-order valence-electron chi connectivity index (χ1n) is 8.45.